The molecule has 138 valence electrons. The zero-order chi connectivity index (χ0) is 19.1. The highest BCUT2D eigenvalue weighted by Gasteiger charge is 2.52. The van der Waals surface area contributed by atoms with Crippen molar-refractivity contribution < 1.29 is 9.90 Å². The van der Waals surface area contributed by atoms with Gasteiger partial charge in [-0.3, -0.25) is 4.79 Å². The fourth-order valence-electron chi connectivity index (χ4n) is 4.76. The van der Waals surface area contributed by atoms with Crippen LogP contribution in [0.3, 0.4) is 0 Å². The van der Waals surface area contributed by atoms with Gasteiger partial charge in [0.15, 0.2) is 0 Å². The molecule has 4 rings (SSSR count). The molecule has 2 aromatic rings. The van der Waals surface area contributed by atoms with Gasteiger partial charge in [0.2, 0.25) is 5.91 Å². The number of carbonyl (C=O) groups is 1. The Bertz CT molecular complexity index is 943. The fourth-order valence-corrected chi connectivity index (χ4v) is 5.18. The molecule has 1 saturated carbocycles. The van der Waals surface area contributed by atoms with Gasteiger partial charge in [-0.15, -0.1) is 0 Å². The molecule has 0 radical (unpaired) electrons. The number of azide groups is 1. The first-order valence-corrected chi connectivity index (χ1v) is 9.68. The van der Waals surface area contributed by atoms with Crippen molar-refractivity contribution >= 4 is 27.5 Å². The van der Waals surface area contributed by atoms with Crippen LogP contribution in [0, 0.1) is 5.92 Å². The lowest BCUT2D eigenvalue weighted by Crippen LogP contribution is -2.43. The summed E-state index contributed by atoms with van der Waals surface area (Å²) in [6.45, 7) is 1.57. The second-order valence-electron chi connectivity index (χ2n) is 7.14. The van der Waals surface area contributed by atoms with Crippen molar-refractivity contribution in [2.75, 3.05) is 4.90 Å². The molecule has 7 heteroatoms. The van der Waals surface area contributed by atoms with E-state index in [1.165, 1.54) is 0 Å². The number of carbonyl (C=O) groups excluding carboxylic acids is 1. The lowest BCUT2D eigenvalue weighted by atomic mass is 9.75. The van der Waals surface area contributed by atoms with Gasteiger partial charge in [0.1, 0.15) is 0 Å². The molecule has 5 atom stereocenters. The Labute approximate surface area is 165 Å². The zero-order valence-electron chi connectivity index (χ0n) is 14.7. The van der Waals surface area contributed by atoms with Crippen LogP contribution >= 0.6 is 15.9 Å². The Morgan fingerprint density at radius 2 is 2.07 bits per heavy atom. The van der Waals surface area contributed by atoms with Crippen molar-refractivity contribution in [3.63, 3.8) is 0 Å². The van der Waals surface area contributed by atoms with Crippen LogP contribution in [-0.2, 0) is 4.79 Å². The van der Waals surface area contributed by atoms with Gasteiger partial charge in [-0.1, -0.05) is 51.4 Å². The number of hydrogen-bond acceptors (Lipinski definition) is 3. The van der Waals surface area contributed by atoms with Crippen LogP contribution in [0.1, 0.15) is 36.4 Å². The number of halogens is 1. The predicted octanol–water partition coefficient (Wildman–Crippen LogP) is 4.70. The Morgan fingerprint density at radius 3 is 2.78 bits per heavy atom. The smallest absolute Gasteiger partial charge is 0.224 e. The van der Waals surface area contributed by atoms with E-state index < -0.39 is 12.1 Å². The molecule has 1 heterocycles. The van der Waals surface area contributed by atoms with E-state index in [1.807, 2.05) is 53.4 Å². The summed E-state index contributed by atoms with van der Waals surface area (Å²) in [5.41, 5.74) is 11.7. The van der Waals surface area contributed by atoms with Crippen LogP contribution in [0.5, 0.6) is 0 Å². The SMILES string of the molecule is CC(=O)N1c2ccccc2[C@@H]2[C@@H](CC(N=[N+]=[N-])[C@@H]2O)[C@H]1c1cccc(Br)c1. The second-order valence-corrected chi connectivity index (χ2v) is 8.05. The molecule has 1 amide bonds. The number of rotatable bonds is 2. The summed E-state index contributed by atoms with van der Waals surface area (Å²) >= 11 is 3.52. The molecule has 0 saturated heterocycles. The van der Waals surface area contributed by atoms with Crippen LogP contribution in [0.2, 0.25) is 0 Å². The molecule has 0 aromatic heterocycles. The predicted molar refractivity (Wildman–Crippen MR) is 106 cm³/mol. The zero-order valence-corrected chi connectivity index (χ0v) is 16.3. The van der Waals surface area contributed by atoms with E-state index >= 15 is 0 Å². The maximum absolute atomic E-state index is 12.7. The number of anilines is 1. The van der Waals surface area contributed by atoms with Crippen LogP contribution in [0.15, 0.2) is 58.1 Å². The molecule has 27 heavy (non-hydrogen) atoms. The van der Waals surface area contributed by atoms with Gasteiger partial charge >= 0.3 is 0 Å². The summed E-state index contributed by atoms with van der Waals surface area (Å²) in [5, 5.41) is 14.8. The lowest BCUT2D eigenvalue weighted by Gasteiger charge is -2.44. The standard InChI is InChI=1S/C20H19BrN4O2/c1-11(26)25-17-8-3-2-7-14(17)18-15(10-16(20(18)27)23-24-22)19(25)12-5-4-6-13(21)9-12/h2-9,15-16,18-20,27H,10H2,1H3/t15-,16?,18-,19-,20+/m1/s1. The topological polar surface area (TPSA) is 89.3 Å². The minimum absolute atomic E-state index is 0.0383. The molecule has 1 aliphatic carbocycles. The van der Waals surface area contributed by atoms with Gasteiger partial charge in [0, 0.05) is 27.9 Å². The molecule has 0 spiro atoms. The summed E-state index contributed by atoms with van der Waals surface area (Å²) < 4.78 is 0.934. The molecule has 0 bridgehead atoms. The number of amides is 1. The first kappa shape index (κ1) is 18.0. The summed E-state index contributed by atoms with van der Waals surface area (Å²) in [6, 6.07) is 14.9. The van der Waals surface area contributed by atoms with Crippen molar-refractivity contribution in [1.29, 1.82) is 0 Å². The molecule has 1 aliphatic heterocycles. The fraction of sp³-hybridized carbons (Fsp3) is 0.350. The van der Waals surface area contributed by atoms with E-state index in [0.29, 0.717) is 6.42 Å². The molecule has 1 fully saturated rings. The molecule has 2 aromatic carbocycles. The molecule has 1 N–H and O–H groups in total. The number of benzene rings is 2. The van der Waals surface area contributed by atoms with E-state index in [0.717, 1.165) is 21.3 Å². The highest BCUT2D eigenvalue weighted by atomic mass is 79.9. The first-order valence-electron chi connectivity index (χ1n) is 8.89. The number of fused-ring (bicyclic) bond motifs is 3. The second kappa shape index (κ2) is 7.00. The van der Waals surface area contributed by atoms with Crippen molar-refractivity contribution in [2.45, 2.75) is 37.5 Å². The highest BCUT2D eigenvalue weighted by molar-refractivity contribution is 9.10. The Morgan fingerprint density at radius 1 is 1.30 bits per heavy atom. The third-order valence-electron chi connectivity index (χ3n) is 5.71. The van der Waals surface area contributed by atoms with Crippen molar-refractivity contribution in [3.8, 4) is 0 Å². The maximum atomic E-state index is 12.7. The number of hydrogen-bond donors (Lipinski definition) is 1. The summed E-state index contributed by atoms with van der Waals surface area (Å²) in [6.07, 6.45) is -0.235. The van der Waals surface area contributed by atoms with Gasteiger partial charge in [-0.05, 0) is 47.2 Å². The number of nitrogens with zero attached hydrogens (tertiary/aromatic N) is 4. The van der Waals surface area contributed by atoms with Crippen molar-refractivity contribution in [3.05, 3.63) is 74.6 Å². The highest BCUT2D eigenvalue weighted by Crippen LogP contribution is 2.56. The Kier molecular flexibility index (Phi) is 4.68. The van der Waals surface area contributed by atoms with Crippen molar-refractivity contribution in [1.82, 2.24) is 0 Å². The van der Waals surface area contributed by atoms with Gasteiger partial charge in [0.25, 0.3) is 0 Å². The normalized spacial score (nSPS) is 28.9. The van der Waals surface area contributed by atoms with Crippen LogP contribution < -0.4 is 4.90 Å². The molecule has 6 nitrogen and oxygen atoms in total. The van der Waals surface area contributed by atoms with Crippen LogP contribution in [0.4, 0.5) is 5.69 Å². The van der Waals surface area contributed by atoms with E-state index in [2.05, 4.69) is 26.0 Å². The number of aliphatic hydroxyl groups excluding tert-OH is 1. The molecule has 2 aliphatic rings. The third-order valence-corrected chi connectivity index (χ3v) is 6.20. The quantitative estimate of drug-likeness (QED) is 0.428. The van der Waals surface area contributed by atoms with E-state index in [4.69, 9.17) is 5.53 Å². The van der Waals surface area contributed by atoms with Crippen molar-refractivity contribution in [2.24, 2.45) is 11.0 Å². The average Bonchev–Trinajstić information content (AvgIpc) is 2.97. The minimum Gasteiger partial charge on any atom is -0.392 e. The Hall–Kier alpha value is -2.34. The Balaban J connectivity index is 1.93. The molecular weight excluding hydrogens is 408 g/mol. The molecule has 1 unspecified atom stereocenters. The van der Waals surface area contributed by atoms with E-state index in [9.17, 15) is 9.90 Å². The number of aliphatic hydroxyl groups is 1. The first-order chi connectivity index (χ1) is 13.0. The molecular formula is C20H19BrN4O2. The lowest BCUT2D eigenvalue weighted by molar-refractivity contribution is -0.117. The van der Waals surface area contributed by atoms with Gasteiger partial charge in [0.05, 0.1) is 18.2 Å². The largest absolute Gasteiger partial charge is 0.392 e. The number of para-hydroxylation sites is 1. The monoisotopic (exact) mass is 426 g/mol. The summed E-state index contributed by atoms with van der Waals surface area (Å²) in [7, 11) is 0. The van der Waals surface area contributed by atoms with Crippen LogP contribution in [0.25, 0.3) is 10.4 Å². The van der Waals surface area contributed by atoms with Gasteiger partial charge in [-0.2, -0.15) is 0 Å². The van der Waals surface area contributed by atoms with Gasteiger partial charge < -0.3 is 10.0 Å². The minimum atomic E-state index is -0.768. The van der Waals surface area contributed by atoms with Gasteiger partial charge in [-0.25, -0.2) is 0 Å². The van der Waals surface area contributed by atoms with E-state index in [1.54, 1.807) is 6.92 Å². The van der Waals surface area contributed by atoms with Crippen LogP contribution in [-0.4, -0.2) is 23.2 Å². The van der Waals surface area contributed by atoms with E-state index in [-0.39, 0.29) is 23.8 Å². The maximum Gasteiger partial charge on any atom is 0.224 e. The third kappa shape index (κ3) is 2.92. The summed E-state index contributed by atoms with van der Waals surface area (Å²) in [4.78, 5) is 17.4. The average molecular weight is 427 g/mol. The summed E-state index contributed by atoms with van der Waals surface area (Å²) in [5.74, 6) is -0.271.